The highest BCUT2D eigenvalue weighted by Gasteiger charge is 2.18. The average Bonchev–Trinajstić information content (AvgIpc) is 3.38. The van der Waals surface area contributed by atoms with Crippen LogP contribution in [0.4, 0.5) is 0 Å². The van der Waals surface area contributed by atoms with Crippen molar-refractivity contribution < 1.29 is 0 Å². The molecule has 0 saturated heterocycles. The van der Waals surface area contributed by atoms with E-state index in [9.17, 15) is 4.79 Å². The van der Waals surface area contributed by atoms with Gasteiger partial charge in [-0.05, 0) is 36.6 Å². The van der Waals surface area contributed by atoms with Crippen molar-refractivity contribution in [3.05, 3.63) is 112 Å². The maximum Gasteiger partial charge on any atom is 0.308 e. The van der Waals surface area contributed by atoms with E-state index < -0.39 is 0 Å². The number of nitrogens with zero attached hydrogens (tertiary/aromatic N) is 4. The SMILES string of the molecule is C[C@H](Sc1nnc(Cn2c(=O)sc3ccccc32)n1CCc1ccccc1)c1ccccc1. The van der Waals surface area contributed by atoms with Crippen molar-refractivity contribution >= 4 is 33.3 Å². The lowest BCUT2D eigenvalue weighted by atomic mass is 10.1. The molecule has 0 N–H and O–H groups in total. The molecule has 2 aromatic heterocycles. The number of hydrogen-bond donors (Lipinski definition) is 0. The Bertz CT molecular complexity index is 1410. The van der Waals surface area contributed by atoms with Crippen LogP contribution in [-0.4, -0.2) is 19.3 Å². The van der Waals surface area contributed by atoms with E-state index in [0.29, 0.717) is 6.54 Å². The third-order valence-electron chi connectivity index (χ3n) is 5.68. The fourth-order valence-electron chi connectivity index (χ4n) is 3.89. The van der Waals surface area contributed by atoms with Gasteiger partial charge in [-0.3, -0.25) is 9.36 Å². The van der Waals surface area contributed by atoms with Crippen LogP contribution >= 0.6 is 23.1 Å². The smallest absolute Gasteiger partial charge is 0.304 e. The minimum absolute atomic E-state index is 0.0284. The van der Waals surface area contributed by atoms with E-state index in [2.05, 4.69) is 70.2 Å². The normalized spacial score (nSPS) is 12.3. The van der Waals surface area contributed by atoms with Gasteiger partial charge in [0.1, 0.15) is 0 Å². The molecule has 5 rings (SSSR count). The van der Waals surface area contributed by atoms with E-state index >= 15 is 0 Å². The molecule has 7 heteroatoms. The van der Waals surface area contributed by atoms with Gasteiger partial charge in [-0.15, -0.1) is 10.2 Å². The number of benzene rings is 3. The first-order valence-electron chi connectivity index (χ1n) is 10.9. The molecular formula is C26H24N4OS2. The summed E-state index contributed by atoms with van der Waals surface area (Å²) in [4.78, 5) is 12.8. The maximum absolute atomic E-state index is 12.7. The Labute approximate surface area is 200 Å². The lowest BCUT2D eigenvalue weighted by Crippen LogP contribution is -2.18. The molecule has 0 fully saturated rings. The third kappa shape index (κ3) is 4.79. The standard InChI is InChI=1S/C26H24N4OS2/c1-19(21-12-6-3-7-13-21)32-25-28-27-24(29(25)17-16-20-10-4-2-5-11-20)18-30-22-14-8-9-15-23(22)33-26(30)31/h2-15,19H,16-18H2,1H3/t19-/m0/s1. The molecule has 0 aliphatic rings. The summed E-state index contributed by atoms with van der Waals surface area (Å²) in [7, 11) is 0. The van der Waals surface area contributed by atoms with Crippen molar-refractivity contribution in [2.24, 2.45) is 0 Å². The predicted octanol–water partition coefficient (Wildman–Crippen LogP) is 5.80. The topological polar surface area (TPSA) is 52.7 Å². The Kier molecular flexibility index (Phi) is 6.41. The van der Waals surface area contributed by atoms with Gasteiger partial charge >= 0.3 is 4.87 Å². The zero-order valence-corrected chi connectivity index (χ0v) is 19.9. The van der Waals surface area contributed by atoms with Crippen molar-refractivity contribution in [1.82, 2.24) is 19.3 Å². The second-order valence-corrected chi connectivity index (χ2v) is 10.2. The van der Waals surface area contributed by atoms with Crippen LogP contribution in [0.5, 0.6) is 0 Å². The van der Waals surface area contributed by atoms with Gasteiger partial charge in [0.2, 0.25) is 0 Å². The molecule has 0 aliphatic carbocycles. The second-order valence-electron chi connectivity index (χ2n) is 7.88. The van der Waals surface area contributed by atoms with Gasteiger partial charge in [0.15, 0.2) is 11.0 Å². The highest BCUT2D eigenvalue weighted by Crippen LogP contribution is 2.34. The molecule has 33 heavy (non-hydrogen) atoms. The Morgan fingerprint density at radius 2 is 1.58 bits per heavy atom. The summed E-state index contributed by atoms with van der Waals surface area (Å²) >= 11 is 2.98. The Morgan fingerprint density at radius 3 is 2.36 bits per heavy atom. The molecule has 5 nitrogen and oxygen atoms in total. The van der Waals surface area contributed by atoms with Crippen molar-refractivity contribution in [2.75, 3.05) is 0 Å². The van der Waals surface area contributed by atoms with E-state index in [-0.39, 0.29) is 10.1 Å². The van der Waals surface area contributed by atoms with Crippen LogP contribution in [0.25, 0.3) is 10.2 Å². The monoisotopic (exact) mass is 472 g/mol. The van der Waals surface area contributed by atoms with E-state index in [0.717, 1.165) is 34.2 Å². The van der Waals surface area contributed by atoms with Gasteiger partial charge in [0.25, 0.3) is 0 Å². The van der Waals surface area contributed by atoms with E-state index in [1.165, 1.54) is 22.5 Å². The highest BCUT2D eigenvalue weighted by molar-refractivity contribution is 7.99. The van der Waals surface area contributed by atoms with Gasteiger partial charge in [-0.2, -0.15) is 0 Å². The summed E-state index contributed by atoms with van der Waals surface area (Å²) in [6.45, 7) is 3.35. The summed E-state index contributed by atoms with van der Waals surface area (Å²) < 4.78 is 4.97. The van der Waals surface area contributed by atoms with Crippen LogP contribution in [0.15, 0.2) is 94.9 Å². The molecule has 5 aromatic rings. The Morgan fingerprint density at radius 1 is 0.879 bits per heavy atom. The number of aromatic nitrogens is 4. The fourth-order valence-corrected chi connectivity index (χ4v) is 5.80. The molecular weight excluding hydrogens is 448 g/mol. The van der Waals surface area contributed by atoms with Gasteiger partial charge < -0.3 is 4.57 Å². The van der Waals surface area contributed by atoms with Crippen LogP contribution in [0, 0.1) is 0 Å². The van der Waals surface area contributed by atoms with Crippen LogP contribution in [-0.2, 0) is 19.5 Å². The Balaban J connectivity index is 1.47. The molecule has 0 unspecified atom stereocenters. The van der Waals surface area contributed by atoms with Crippen LogP contribution in [0.3, 0.4) is 0 Å². The summed E-state index contributed by atoms with van der Waals surface area (Å²) in [5.74, 6) is 0.805. The van der Waals surface area contributed by atoms with Crippen LogP contribution in [0.2, 0.25) is 0 Å². The summed E-state index contributed by atoms with van der Waals surface area (Å²) in [5, 5.41) is 10.2. The average molecular weight is 473 g/mol. The summed E-state index contributed by atoms with van der Waals surface area (Å²) in [6, 6.07) is 28.8. The van der Waals surface area contributed by atoms with Crippen molar-refractivity contribution in [3.8, 4) is 0 Å². The first-order chi connectivity index (χ1) is 16.2. The predicted molar refractivity (Wildman–Crippen MR) is 136 cm³/mol. The van der Waals surface area contributed by atoms with E-state index in [1.54, 1.807) is 16.3 Å². The molecule has 0 radical (unpaired) electrons. The van der Waals surface area contributed by atoms with Gasteiger partial charge in [0.05, 0.1) is 16.8 Å². The van der Waals surface area contributed by atoms with E-state index in [1.807, 2.05) is 36.4 Å². The van der Waals surface area contributed by atoms with Crippen LogP contribution in [0.1, 0.15) is 29.1 Å². The number of aryl methyl sites for hydroxylation is 1. The minimum atomic E-state index is 0.0284. The molecule has 2 heterocycles. The van der Waals surface area contributed by atoms with Crippen molar-refractivity contribution in [2.45, 2.75) is 36.8 Å². The van der Waals surface area contributed by atoms with Gasteiger partial charge in [0, 0.05) is 11.8 Å². The zero-order valence-electron chi connectivity index (χ0n) is 18.3. The first-order valence-corrected chi connectivity index (χ1v) is 12.6. The quantitative estimate of drug-likeness (QED) is 0.268. The number of rotatable bonds is 8. The molecule has 0 aliphatic heterocycles. The van der Waals surface area contributed by atoms with Gasteiger partial charge in [-0.1, -0.05) is 95.9 Å². The van der Waals surface area contributed by atoms with Gasteiger partial charge in [-0.25, -0.2) is 0 Å². The third-order valence-corrected chi connectivity index (χ3v) is 7.78. The Hall–Kier alpha value is -3.16. The molecule has 0 bridgehead atoms. The maximum atomic E-state index is 12.7. The largest absolute Gasteiger partial charge is 0.308 e. The van der Waals surface area contributed by atoms with Crippen molar-refractivity contribution in [1.29, 1.82) is 0 Å². The number of hydrogen-bond acceptors (Lipinski definition) is 5. The summed E-state index contributed by atoms with van der Waals surface area (Å²) in [5.41, 5.74) is 3.46. The second kappa shape index (κ2) is 9.77. The number of para-hydroxylation sites is 1. The number of thioether (sulfide) groups is 1. The molecule has 166 valence electrons. The fraction of sp³-hybridized carbons (Fsp3) is 0.192. The number of thiazole rings is 1. The molecule has 3 aromatic carbocycles. The molecule has 0 spiro atoms. The zero-order chi connectivity index (χ0) is 22.6. The molecule has 1 atom stereocenters. The summed E-state index contributed by atoms with van der Waals surface area (Å²) in [6.07, 6.45) is 0.873. The minimum Gasteiger partial charge on any atom is -0.304 e. The molecule has 0 saturated carbocycles. The van der Waals surface area contributed by atoms with Crippen molar-refractivity contribution in [3.63, 3.8) is 0 Å². The highest BCUT2D eigenvalue weighted by atomic mass is 32.2. The number of fused-ring (bicyclic) bond motifs is 1. The van der Waals surface area contributed by atoms with Crippen LogP contribution < -0.4 is 4.87 Å². The van der Waals surface area contributed by atoms with E-state index in [4.69, 9.17) is 0 Å². The lowest BCUT2D eigenvalue weighted by Gasteiger charge is -2.14. The molecule has 0 amide bonds. The lowest BCUT2D eigenvalue weighted by molar-refractivity contribution is 0.585. The first kappa shape index (κ1) is 21.7.